The SMILES string of the molecule is CCC(CO)OC(CO)OC.CCC(CO)OC(COC(=O)CCCC(=O)NCCNC(=O)Oc1cc2c(c3ccccc13)[C@H](CCl)CN2C(=O)C1Cc2cc(OC)c(CO)c(CO)c2N1)OC.CCC(CO)OC(COC(=O)CCCC(=O)O)OC.CCC(COC(=O)CCCC(=O)NCCSSC)OC(CO)OC. The second kappa shape index (κ2) is 59.2. The van der Waals surface area contributed by atoms with Gasteiger partial charge in [-0.05, 0) is 73.8 Å². The number of carbonyl (C=O) groups is 8. The van der Waals surface area contributed by atoms with Crippen molar-refractivity contribution in [1.29, 1.82) is 0 Å². The van der Waals surface area contributed by atoms with Gasteiger partial charge in [0, 0.05) is 145 Å². The predicted molar refractivity (Wildman–Crippen MR) is 413 cm³/mol. The number of carboxylic acids is 1. The van der Waals surface area contributed by atoms with Crippen molar-refractivity contribution in [2.24, 2.45) is 0 Å². The van der Waals surface area contributed by atoms with Crippen LogP contribution < -0.4 is 35.6 Å². The van der Waals surface area contributed by atoms with E-state index in [0.717, 1.165) is 22.3 Å². The lowest BCUT2D eigenvalue weighted by Gasteiger charge is -2.23. The summed E-state index contributed by atoms with van der Waals surface area (Å²) in [4.78, 5) is 98.2. The molecular weight excluding hydrogens is 1520 g/mol. The number of alkyl halides is 1. The van der Waals surface area contributed by atoms with Crippen LogP contribution in [-0.4, -0.2) is 277 Å². The molecule has 2 aliphatic rings. The normalized spacial score (nSPS) is 15.4. The molecule has 0 bridgehead atoms. The van der Waals surface area contributed by atoms with Crippen molar-refractivity contribution in [2.75, 3.05) is 143 Å². The first-order valence-electron chi connectivity index (χ1n) is 36.7. The monoisotopic (exact) mass is 1640 g/mol. The number of hydrogen-bond donors (Lipinski definition) is 12. The van der Waals surface area contributed by atoms with Gasteiger partial charge in [0.05, 0.1) is 83.5 Å². The molecule has 3 aromatic carbocycles. The summed E-state index contributed by atoms with van der Waals surface area (Å²) in [5, 5.41) is 86.0. The van der Waals surface area contributed by atoms with E-state index in [4.69, 9.17) is 98.7 Å². The minimum absolute atomic E-state index is 0.00515. The van der Waals surface area contributed by atoms with E-state index in [2.05, 4.69) is 21.3 Å². The van der Waals surface area contributed by atoms with Gasteiger partial charge >= 0.3 is 30.0 Å². The standard InChI is InChI=1S/C40H51ClN4O12.C15H29NO6S2.C12H22O7.C7H16O4/c1-4-25(19-46)56-36(54-3)22-55-35(50)11-7-10-34(49)42-12-13-43-40(52)57-33-16-31-37(27-9-6-5-8-26(27)33)24(17-41)18-45(31)39(51)30-14-23-15-32(53-2)28(20-47)29(21-48)38(23)44-30;1-4-12(22-15(10-17)20-2)11-21-14(19)7-5-6-13(18)16-8-9-24-23-3;1-3-9(7-13)19-12(17-2)8-18-11(16)6-4-5-10(14)15;1-3-6(4-8)11-7(5-9)10-2/h5-6,8-9,15-16,24-25,30,36,44,46-48H,4,7,10-14,17-22H2,1-3H3,(H,42,49)(H,43,52);12,15,17H,4-11H2,1-3H3,(H,16,18);9,12-13H,3-8H2,1-2H3,(H,14,15);6-9H,3-5H2,1-2H3/t24-,25?,30?,36?;;;/m1.../s1. The molecule has 5 rings (SSSR count). The van der Waals surface area contributed by atoms with Crippen molar-refractivity contribution in [1.82, 2.24) is 16.0 Å². The zero-order valence-corrected chi connectivity index (χ0v) is 67.6. The van der Waals surface area contributed by atoms with Crippen LogP contribution in [0.1, 0.15) is 139 Å². The number of methoxy groups -OCH3 is 5. The van der Waals surface area contributed by atoms with Crippen LogP contribution in [0, 0.1) is 0 Å². The first kappa shape index (κ1) is 101. The van der Waals surface area contributed by atoms with Crippen LogP contribution in [0.5, 0.6) is 11.5 Å². The number of hydrogen-bond acceptors (Lipinski definition) is 31. The van der Waals surface area contributed by atoms with Gasteiger partial charge in [-0.2, -0.15) is 0 Å². The van der Waals surface area contributed by atoms with Crippen LogP contribution in [0.3, 0.4) is 0 Å². The Hall–Kier alpha value is -6.53. The van der Waals surface area contributed by atoms with E-state index in [-0.39, 0.29) is 184 Å². The van der Waals surface area contributed by atoms with Crippen LogP contribution in [0.2, 0.25) is 0 Å². The van der Waals surface area contributed by atoms with Gasteiger partial charge in [-0.25, -0.2) is 4.79 Å². The Labute approximate surface area is 661 Å². The zero-order valence-electron chi connectivity index (χ0n) is 65.2. The summed E-state index contributed by atoms with van der Waals surface area (Å²) in [5.41, 5.74) is 3.71. The third kappa shape index (κ3) is 37.5. The number of anilines is 2. The maximum Gasteiger partial charge on any atom is 0.412 e. The molecule has 3 aromatic rings. The van der Waals surface area contributed by atoms with Crippen LogP contribution in [0.15, 0.2) is 36.4 Å². The minimum Gasteiger partial charge on any atom is -0.496 e. The van der Waals surface area contributed by atoms with Crippen LogP contribution in [0.25, 0.3) is 10.8 Å². The Bertz CT molecular complexity index is 3180. The lowest BCUT2D eigenvalue weighted by molar-refractivity contribution is -0.194. The quantitative estimate of drug-likeness (QED) is 0.00874. The molecule has 0 saturated heterocycles. The Morgan fingerprint density at radius 1 is 0.568 bits per heavy atom. The molecule has 2 aliphatic heterocycles. The predicted octanol–water partition coefficient (Wildman–Crippen LogP) is 5.09. The Morgan fingerprint density at radius 2 is 1.04 bits per heavy atom. The maximum atomic E-state index is 14.2. The molecule has 0 aromatic heterocycles. The molecule has 0 saturated carbocycles. The van der Waals surface area contributed by atoms with Gasteiger partial charge < -0.3 is 129 Å². The Kier molecular flexibility index (Phi) is 53.6. The molecule has 0 fully saturated rings. The van der Waals surface area contributed by atoms with E-state index in [1.54, 1.807) is 38.6 Å². The van der Waals surface area contributed by atoms with Crippen molar-refractivity contribution >= 4 is 103 Å². The van der Waals surface area contributed by atoms with Gasteiger partial charge in [-0.3, -0.25) is 33.6 Å². The van der Waals surface area contributed by atoms with E-state index in [9.17, 15) is 53.7 Å². The molecule has 0 radical (unpaired) electrons. The highest BCUT2D eigenvalue weighted by Crippen LogP contribution is 2.47. The number of benzene rings is 3. The maximum absolute atomic E-state index is 14.2. The first-order chi connectivity index (χ1) is 53.5. The number of ether oxygens (including phenoxy) is 13. The average Bonchev–Trinajstić information content (AvgIpc) is 1.60. The number of aliphatic carboxylic acids is 1. The Morgan fingerprint density at radius 3 is 1.49 bits per heavy atom. The fourth-order valence-electron chi connectivity index (χ4n) is 10.8. The third-order valence-electron chi connectivity index (χ3n) is 17.0. The number of aliphatic hydroxyl groups excluding tert-OH is 7. The summed E-state index contributed by atoms with van der Waals surface area (Å²) < 4.78 is 67.7. The number of amides is 4. The van der Waals surface area contributed by atoms with Crippen molar-refractivity contribution in [3.05, 3.63) is 58.7 Å². The van der Waals surface area contributed by atoms with Crippen molar-refractivity contribution in [3.8, 4) is 11.5 Å². The molecule has 632 valence electrons. The number of nitrogens with zero attached hydrogens (tertiary/aromatic N) is 1. The summed E-state index contributed by atoms with van der Waals surface area (Å²) >= 11 is 6.47. The lowest BCUT2D eigenvalue weighted by atomic mass is 9.95. The molecule has 34 nitrogen and oxygen atoms in total. The summed E-state index contributed by atoms with van der Waals surface area (Å²) in [6, 6.07) is 10.2. The summed E-state index contributed by atoms with van der Waals surface area (Å²) in [6.07, 6.45) is 1.28. The van der Waals surface area contributed by atoms with Crippen LogP contribution in [-0.2, 0) is 105 Å². The summed E-state index contributed by atoms with van der Waals surface area (Å²) in [7, 11) is 10.5. The smallest absolute Gasteiger partial charge is 0.412 e. The highest BCUT2D eigenvalue weighted by molar-refractivity contribution is 8.76. The first-order valence-corrected chi connectivity index (χ1v) is 40.0. The number of nitrogens with one attached hydrogen (secondary N) is 4. The summed E-state index contributed by atoms with van der Waals surface area (Å²) in [5.74, 6) is -1.34. The molecule has 2 heterocycles. The van der Waals surface area contributed by atoms with Gasteiger partial charge in [-0.1, -0.05) is 73.5 Å². The van der Waals surface area contributed by atoms with Crippen molar-refractivity contribution in [2.45, 2.75) is 192 Å². The molecule has 37 heteroatoms. The van der Waals surface area contributed by atoms with Crippen molar-refractivity contribution in [3.63, 3.8) is 0 Å². The number of carboxylic acid groups (broad SMARTS) is 1. The van der Waals surface area contributed by atoms with Gasteiger partial charge in [0.25, 0.3) is 0 Å². The van der Waals surface area contributed by atoms with Gasteiger partial charge in [-0.15, -0.1) is 11.6 Å². The molecule has 111 heavy (non-hydrogen) atoms. The fraction of sp³-hybridized carbons (Fsp3) is 0.676. The lowest BCUT2D eigenvalue weighted by Crippen LogP contribution is -2.42. The number of fused-ring (bicyclic) bond motifs is 4. The Balaban J connectivity index is 0.000000631. The van der Waals surface area contributed by atoms with Crippen molar-refractivity contribution < 1.29 is 141 Å². The second-order valence-corrected chi connectivity index (χ2v) is 27.7. The van der Waals surface area contributed by atoms with Gasteiger partial charge in [0.2, 0.25) is 17.7 Å². The minimum atomic E-state index is -0.945. The highest BCUT2D eigenvalue weighted by Gasteiger charge is 2.40. The van der Waals surface area contributed by atoms with E-state index >= 15 is 0 Å². The number of esters is 3. The van der Waals surface area contributed by atoms with E-state index < -0.39 is 61.3 Å². The molecule has 0 spiro atoms. The summed E-state index contributed by atoms with van der Waals surface area (Å²) in [6.45, 7) is 6.96. The molecule has 0 aliphatic carbocycles. The van der Waals surface area contributed by atoms with Crippen LogP contribution >= 0.6 is 33.2 Å². The number of halogens is 1. The number of rotatable bonds is 52. The second-order valence-electron chi connectivity index (χ2n) is 24.7. The molecule has 4 amide bonds. The third-order valence-corrected chi connectivity index (χ3v) is 19.2. The van der Waals surface area contributed by atoms with E-state index in [1.165, 1.54) is 35.5 Å². The number of aliphatic hydroxyl groups is 7. The fourth-order valence-corrected chi connectivity index (χ4v) is 12.1. The highest BCUT2D eigenvalue weighted by atomic mass is 35.5. The van der Waals surface area contributed by atoms with Gasteiger partial charge in [0.15, 0.2) is 25.2 Å². The zero-order chi connectivity index (χ0) is 82.6. The molecular formula is C74H118ClN5O29S2. The number of carbonyl (C=O) groups excluding carboxylic acids is 7. The largest absolute Gasteiger partial charge is 0.496 e. The van der Waals surface area contributed by atoms with Gasteiger partial charge in [0.1, 0.15) is 37.4 Å². The molecule has 12 N–H and O–H groups in total. The van der Waals surface area contributed by atoms with E-state index in [0.29, 0.717) is 91.7 Å². The molecule has 10 atom stereocenters. The van der Waals surface area contributed by atoms with Crippen LogP contribution in [0.4, 0.5) is 16.2 Å². The molecule has 9 unspecified atom stereocenters. The average molecular weight is 1640 g/mol. The van der Waals surface area contributed by atoms with E-state index in [1.807, 2.05) is 58.2 Å². The topological polar surface area (TPSA) is 470 Å².